The number of halogens is 1. The topological polar surface area (TPSA) is 39.2 Å². The second-order valence-electron chi connectivity index (χ2n) is 2.87. The summed E-state index contributed by atoms with van der Waals surface area (Å²) in [5.41, 5.74) is 1.49. The van der Waals surface area contributed by atoms with Gasteiger partial charge in [0.25, 0.3) is 0 Å². The van der Waals surface area contributed by atoms with Crippen molar-refractivity contribution in [2.24, 2.45) is 0 Å². The van der Waals surface area contributed by atoms with Crippen LogP contribution in [0.15, 0.2) is 12.3 Å². The summed E-state index contributed by atoms with van der Waals surface area (Å²) in [6.45, 7) is 4.02. The van der Waals surface area contributed by atoms with Gasteiger partial charge in [-0.1, -0.05) is 11.6 Å². The fourth-order valence-electron chi connectivity index (χ4n) is 1.07. The number of aryl methyl sites for hydroxylation is 1. The summed E-state index contributed by atoms with van der Waals surface area (Å²) >= 11 is 5.97. The molecule has 0 atom stereocenters. The number of nitrogens with zero attached hydrogens (tertiary/aromatic N) is 1. The molecule has 0 spiro atoms. The third-order valence-corrected chi connectivity index (χ3v) is 2.29. The number of hydrogen-bond donors (Lipinski definition) is 0. The van der Waals surface area contributed by atoms with Crippen LogP contribution < -0.4 is 0 Å². The molecule has 0 amide bonds. The zero-order valence-electron chi connectivity index (χ0n) is 8.21. The van der Waals surface area contributed by atoms with Crippen LogP contribution >= 0.6 is 11.6 Å². The largest absolute Gasteiger partial charge is 0.466 e. The van der Waals surface area contributed by atoms with Gasteiger partial charge in [0.15, 0.2) is 0 Å². The van der Waals surface area contributed by atoms with Crippen molar-refractivity contribution in [3.05, 3.63) is 28.5 Å². The zero-order chi connectivity index (χ0) is 10.6. The van der Waals surface area contributed by atoms with Crippen molar-refractivity contribution >= 4 is 17.6 Å². The highest BCUT2D eigenvalue weighted by molar-refractivity contribution is 6.32. The fraction of sp³-hybridized carbons (Fsp3) is 0.400. The van der Waals surface area contributed by atoms with Crippen molar-refractivity contribution in [1.82, 2.24) is 4.98 Å². The maximum atomic E-state index is 11.2. The number of pyridine rings is 1. The molecule has 0 radical (unpaired) electrons. The van der Waals surface area contributed by atoms with Gasteiger partial charge in [0.1, 0.15) is 0 Å². The Bertz CT molecular complexity index is 339. The first-order chi connectivity index (χ1) is 6.65. The summed E-state index contributed by atoms with van der Waals surface area (Å²) in [5, 5.41) is 0.542. The van der Waals surface area contributed by atoms with E-state index in [4.69, 9.17) is 16.3 Å². The summed E-state index contributed by atoms with van der Waals surface area (Å²) in [6, 6.07) is 1.80. The van der Waals surface area contributed by atoms with Crippen LogP contribution in [0, 0.1) is 6.92 Å². The molecule has 0 saturated heterocycles. The van der Waals surface area contributed by atoms with Crippen molar-refractivity contribution in [1.29, 1.82) is 0 Å². The number of rotatable bonds is 3. The number of esters is 1. The van der Waals surface area contributed by atoms with E-state index in [1.165, 1.54) is 0 Å². The summed E-state index contributed by atoms with van der Waals surface area (Å²) < 4.78 is 4.80. The van der Waals surface area contributed by atoms with Crippen LogP contribution in [0.2, 0.25) is 5.02 Å². The molecule has 0 bridgehead atoms. The molecule has 0 aliphatic rings. The first-order valence-corrected chi connectivity index (χ1v) is 4.78. The standard InChI is InChI=1S/C10H12ClNO2/c1-3-14-9(13)6-8-10(11)7(2)4-5-12-8/h4-5H,3,6H2,1-2H3. The van der Waals surface area contributed by atoms with Gasteiger partial charge in [-0.05, 0) is 25.5 Å². The average Bonchev–Trinajstić information content (AvgIpc) is 2.13. The first-order valence-electron chi connectivity index (χ1n) is 4.40. The average molecular weight is 214 g/mol. The quantitative estimate of drug-likeness (QED) is 0.723. The molecule has 4 heteroatoms. The van der Waals surface area contributed by atoms with Crippen molar-refractivity contribution < 1.29 is 9.53 Å². The summed E-state index contributed by atoms with van der Waals surface area (Å²) in [5.74, 6) is -0.299. The lowest BCUT2D eigenvalue weighted by Gasteiger charge is -2.04. The summed E-state index contributed by atoms with van der Waals surface area (Å²) in [7, 11) is 0. The van der Waals surface area contributed by atoms with E-state index in [1.807, 2.05) is 6.92 Å². The zero-order valence-corrected chi connectivity index (χ0v) is 8.97. The predicted molar refractivity (Wildman–Crippen MR) is 54.3 cm³/mol. The molecular weight excluding hydrogens is 202 g/mol. The number of aromatic nitrogens is 1. The Kier molecular flexibility index (Phi) is 3.89. The molecule has 1 aromatic rings. The molecule has 76 valence electrons. The molecule has 3 nitrogen and oxygen atoms in total. The fourth-order valence-corrected chi connectivity index (χ4v) is 1.25. The van der Waals surface area contributed by atoms with Crippen molar-refractivity contribution in [3.8, 4) is 0 Å². The van der Waals surface area contributed by atoms with Crippen molar-refractivity contribution in [2.75, 3.05) is 6.61 Å². The van der Waals surface area contributed by atoms with Gasteiger partial charge in [-0.2, -0.15) is 0 Å². The molecule has 0 aromatic carbocycles. The molecule has 14 heavy (non-hydrogen) atoms. The van der Waals surface area contributed by atoms with E-state index in [1.54, 1.807) is 19.2 Å². The van der Waals surface area contributed by atoms with Crippen molar-refractivity contribution in [3.63, 3.8) is 0 Å². The monoisotopic (exact) mass is 213 g/mol. The van der Waals surface area contributed by atoms with Gasteiger partial charge in [-0.25, -0.2) is 0 Å². The predicted octanol–water partition coefficient (Wildman–Crippen LogP) is 2.15. The number of ether oxygens (including phenoxy) is 1. The highest BCUT2D eigenvalue weighted by atomic mass is 35.5. The van der Waals surface area contributed by atoms with E-state index < -0.39 is 0 Å². The second-order valence-corrected chi connectivity index (χ2v) is 3.25. The number of carbonyl (C=O) groups excluding carboxylic acids is 1. The minimum atomic E-state index is -0.299. The molecule has 0 saturated carbocycles. The molecule has 0 N–H and O–H groups in total. The van der Waals surface area contributed by atoms with Gasteiger partial charge in [-0.15, -0.1) is 0 Å². The number of hydrogen-bond acceptors (Lipinski definition) is 3. The van der Waals surface area contributed by atoms with E-state index >= 15 is 0 Å². The Morgan fingerprint density at radius 1 is 1.64 bits per heavy atom. The molecule has 0 aliphatic heterocycles. The van der Waals surface area contributed by atoms with Crippen LogP contribution in [-0.2, 0) is 16.0 Å². The molecule has 0 fully saturated rings. The molecular formula is C10H12ClNO2. The van der Waals surface area contributed by atoms with Gasteiger partial charge in [-0.3, -0.25) is 9.78 Å². The molecule has 1 rings (SSSR count). The minimum absolute atomic E-state index is 0.133. The maximum absolute atomic E-state index is 11.2. The lowest BCUT2D eigenvalue weighted by molar-refractivity contribution is -0.142. The molecule has 1 aromatic heterocycles. The van der Waals surface area contributed by atoms with Gasteiger partial charge >= 0.3 is 5.97 Å². The Balaban J connectivity index is 2.76. The normalized spacial score (nSPS) is 9.93. The van der Waals surface area contributed by atoms with Crippen LogP contribution in [0.1, 0.15) is 18.2 Å². The van der Waals surface area contributed by atoms with Crippen LogP contribution in [-0.4, -0.2) is 17.6 Å². The van der Waals surface area contributed by atoms with E-state index in [2.05, 4.69) is 4.98 Å². The van der Waals surface area contributed by atoms with E-state index in [9.17, 15) is 4.79 Å². The van der Waals surface area contributed by atoms with Crippen LogP contribution in [0.4, 0.5) is 0 Å². The third-order valence-electron chi connectivity index (χ3n) is 1.77. The molecule has 0 aliphatic carbocycles. The smallest absolute Gasteiger partial charge is 0.311 e. The molecule has 1 heterocycles. The summed E-state index contributed by atoms with van der Waals surface area (Å²) in [4.78, 5) is 15.2. The van der Waals surface area contributed by atoms with Gasteiger partial charge in [0.05, 0.1) is 23.7 Å². The van der Waals surface area contributed by atoms with Crippen LogP contribution in [0.5, 0.6) is 0 Å². The Morgan fingerprint density at radius 2 is 2.36 bits per heavy atom. The Labute approximate surface area is 88.1 Å². The maximum Gasteiger partial charge on any atom is 0.311 e. The van der Waals surface area contributed by atoms with E-state index in [0.29, 0.717) is 17.3 Å². The SMILES string of the molecule is CCOC(=O)Cc1nccc(C)c1Cl. The van der Waals surface area contributed by atoms with Crippen LogP contribution in [0.3, 0.4) is 0 Å². The van der Waals surface area contributed by atoms with Crippen LogP contribution in [0.25, 0.3) is 0 Å². The lowest BCUT2D eigenvalue weighted by Crippen LogP contribution is -2.09. The molecule has 0 unspecified atom stereocenters. The highest BCUT2D eigenvalue weighted by Gasteiger charge is 2.10. The minimum Gasteiger partial charge on any atom is -0.466 e. The van der Waals surface area contributed by atoms with Gasteiger partial charge < -0.3 is 4.74 Å². The first kappa shape index (κ1) is 11.0. The highest BCUT2D eigenvalue weighted by Crippen LogP contribution is 2.18. The van der Waals surface area contributed by atoms with Gasteiger partial charge in [0.2, 0.25) is 0 Å². The van der Waals surface area contributed by atoms with Gasteiger partial charge in [0, 0.05) is 6.20 Å². The number of carbonyl (C=O) groups is 1. The lowest BCUT2D eigenvalue weighted by atomic mass is 10.2. The third kappa shape index (κ3) is 2.70. The van der Waals surface area contributed by atoms with E-state index in [-0.39, 0.29) is 12.4 Å². The Morgan fingerprint density at radius 3 is 3.00 bits per heavy atom. The summed E-state index contributed by atoms with van der Waals surface area (Å²) in [6.07, 6.45) is 1.77. The second kappa shape index (κ2) is 4.96. The van der Waals surface area contributed by atoms with Crippen molar-refractivity contribution in [2.45, 2.75) is 20.3 Å². The van der Waals surface area contributed by atoms with E-state index in [0.717, 1.165) is 5.56 Å². The Hall–Kier alpha value is -1.09.